The molecule has 1 fully saturated rings. The van der Waals surface area contributed by atoms with Gasteiger partial charge in [0.25, 0.3) is 5.91 Å². The number of ketones is 1. The van der Waals surface area contributed by atoms with Gasteiger partial charge in [-0.1, -0.05) is 49.6 Å². The molecule has 6 nitrogen and oxygen atoms in total. The van der Waals surface area contributed by atoms with Crippen molar-refractivity contribution in [3.63, 3.8) is 0 Å². The Bertz CT molecular complexity index is 1190. The van der Waals surface area contributed by atoms with Gasteiger partial charge in [0.1, 0.15) is 11.7 Å². The molecular weight excluding hydrogens is 438 g/mol. The van der Waals surface area contributed by atoms with Gasteiger partial charge in [0.05, 0.1) is 0 Å². The Hall–Kier alpha value is -3.80. The van der Waals surface area contributed by atoms with Crippen LogP contribution in [-0.4, -0.2) is 28.6 Å². The van der Waals surface area contributed by atoms with Crippen LogP contribution in [0.25, 0.3) is 0 Å². The van der Waals surface area contributed by atoms with Gasteiger partial charge in [-0.15, -0.1) is 0 Å². The van der Waals surface area contributed by atoms with Crippen molar-refractivity contribution < 1.29 is 14.4 Å². The monoisotopic (exact) mass is 469 g/mol. The number of rotatable bonds is 7. The molecule has 2 aromatic carbocycles. The SMILES string of the molecule is CC(=O)c1ccc(N(C(=O)c2ccccn2)C(C(=O)NC2CCCCC2)c2ccccc2C)cc1. The maximum Gasteiger partial charge on any atom is 0.277 e. The topological polar surface area (TPSA) is 79.4 Å². The number of hydrogen-bond acceptors (Lipinski definition) is 4. The summed E-state index contributed by atoms with van der Waals surface area (Å²) in [6, 6.07) is 18.8. The number of carbonyl (C=O) groups excluding carboxylic acids is 3. The van der Waals surface area contributed by atoms with E-state index in [4.69, 9.17) is 0 Å². The summed E-state index contributed by atoms with van der Waals surface area (Å²) >= 11 is 0. The standard InChI is InChI=1S/C29H31N3O3/c1-20-10-6-7-13-25(20)27(28(34)31-23-11-4-3-5-12-23)32(29(35)26-14-8-9-19-30-26)24-17-15-22(16-18-24)21(2)33/h6-10,13-19,23,27H,3-5,11-12H2,1-2H3,(H,31,34). The van der Waals surface area contributed by atoms with Crippen molar-refractivity contribution >= 4 is 23.3 Å². The molecule has 3 aromatic rings. The molecule has 1 unspecified atom stereocenters. The Balaban J connectivity index is 1.82. The van der Waals surface area contributed by atoms with Crippen molar-refractivity contribution in [2.45, 2.75) is 58.0 Å². The van der Waals surface area contributed by atoms with Crippen LogP contribution in [-0.2, 0) is 4.79 Å². The average Bonchev–Trinajstić information content (AvgIpc) is 2.88. The highest BCUT2D eigenvalue weighted by Crippen LogP contribution is 2.32. The largest absolute Gasteiger partial charge is 0.351 e. The van der Waals surface area contributed by atoms with Crippen LogP contribution in [0.3, 0.4) is 0 Å². The second-order valence-corrected chi connectivity index (χ2v) is 9.10. The second-order valence-electron chi connectivity index (χ2n) is 9.10. The van der Waals surface area contributed by atoms with Crippen molar-refractivity contribution in [3.05, 3.63) is 95.3 Å². The molecule has 0 spiro atoms. The zero-order chi connectivity index (χ0) is 24.8. The van der Waals surface area contributed by atoms with Crippen LogP contribution < -0.4 is 10.2 Å². The summed E-state index contributed by atoms with van der Waals surface area (Å²) in [4.78, 5) is 45.4. The molecule has 0 radical (unpaired) electrons. The lowest BCUT2D eigenvalue weighted by Gasteiger charge is -2.34. The molecule has 1 saturated carbocycles. The quantitative estimate of drug-likeness (QED) is 0.468. The van der Waals surface area contributed by atoms with Crippen molar-refractivity contribution in [1.29, 1.82) is 0 Å². The first-order valence-electron chi connectivity index (χ1n) is 12.2. The normalized spacial score (nSPS) is 14.7. The van der Waals surface area contributed by atoms with Crippen LogP contribution in [0.15, 0.2) is 72.9 Å². The fourth-order valence-electron chi connectivity index (χ4n) is 4.67. The zero-order valence-electron chi connectivity index (χ0n) is 20.2. The zero-order valence-corrected chi connectivity index (χ0v) is 20.2. The minimum atomic E-state index is -0.893. The third kappa shape index (κ3) is 5.65. The number of carbonyl (C=O) groups is 3. The number of aromatic nitrogens is 1. The molecule has 2 amide bonds. The van der Waals surface area contributed by atoms with Crippen LogP contribution in [0.4, 0.5) is 5.69 Å². The van der Waals surface area contributed by atoms with E-state index >= 15 is 0 Å². The molecule has 4 rings (SSSR count). The maximum absolute atomic E-state index is 13.9. The number of aryl methyl sites for hydroxylation is 1. The fourth-order valence-corrected chi connectivity index (χ4v) is 4.67. The first-order chi connectivity index (χ1) is 17.0. The van der Waals surface area contributed by atoms with Crippen LogP contribution in [0, 0.1) is 6.92 Å². The summed E-state index contributed by atoms with van der Waals surface area (Å²) in [5, 5.41) is 3.22. The van der Waals surface area contributed by atoms with Crippen molar-refractivity contribution in [2.24, 2.45) is 0 Å². The van der Waals surface area contributed by atoms with E-state index in [0.717, 1.165) is 36.8 Å². The van der Waals surface area contributed by atoms with Gasteiger partial charge in [0.2, 0.25) is 5.91 Å². The van der Waals surface area contributed by atoms with E-state index in [9.17, 15) is 14.4 Å². The van der Waals surface area contributed by atoms with Crippen LogP contribution in [0.5, 0.6) is 0 Å². The van der Waals surface area contributed by atoms with Gasteiger partial charge in [-0.05, 0) is 74.2 Å². The molecule has 1 aliphatic rings. The summed E-state index contributed by atoms with van der Waals surface area (Å²) in [6.07, 6.45) is 6.79. The highest BCUT2D eigenvalue weighted by atomic mass is 16.2. The number of hydrogen-bond donors (Lipinski definition) is 1. The van der Waals surface area contributed by atoms with E-state index in [2.05, 4.69) is 10.3 Å². The third-order valence-electron chi connectivity index (χ3n) is 6.60. The van der Waals surface area contributed by atoms with E-state index in [1.807, 2.05) is 31.2 Å². The van der Waals surface area contributed by atoms with E-state index in [-0.39, 0.29) is 29.3 Å². The maximum atomic E-state index is 13.9. The molecule has 1 atom stereocenters. The van der Waals surface area contributed by atoms with Gasteiger partial charge >= 0.3 is 0 Å². The molecule has 1 aliphatic carbocycles. The fraction of sp³-hybridized carbons (Fsp3) is 0.310. The van der Waals surface area contributed by atoms with Crippen LogP contribution in [0.2, 0.25) is 0 Å². The number of amides is 2. The van der Waals surface area contributed by atoms with Gasteiger partial charge in [0.15, 0.2) is 5.78 Å². The molecule has 0 aliphatic heterocycles. The summed E-state index contributed by atoms with van der Waals surface area (Å²) in [5.41, 5.74) is 2.97. The summed E-state index contributed by atoms with van der Waals surface area (Å²) < 4.78 is 0. The Morgan fingerprint density at radius 3 is 2.23 bits per heavy atom. The minimum Gasteiger partial charge on any atom is -0.351 e. The average molecular weight is 470 g/mol. The van der Waals surface area contributed by atoms with Crippen LogP contribution in [0.1, 0.15) is 77.0 Å². The van der Waals surface area contributed by atoms with Gasteiger partial charge in [-0.2, -0.15) is 0 Å². The third-order valence-corrected chi connectivity index (χ3v) is 6.60. The minimum absolute atomic E-state index is 0.0651. The molecule has 1 heterocycles. The Kier molecular flexibility index (Phi) is 7.70. The number of nitrogens with one attached hydrogen (secondary N) is 1. The predicted octanol–water partition coefficient (Wildman–Crippen LogP) is 5.43. The van der Waals surface area contributed by atoms with Gasteiger partial charge in [0, 0.05) is 23.5 Å². The lowest BCUT2D eigenvalue weighted by atomic mass is 9.93. The van der Waals surface area contributed by atoms with Crippen molar-refractivity contribution in [1.82, 2.24) is 10.3 Å². The molecule has 0 saturated heterocycles. The first kappa shape index (κ1) is 24.3. The van der Waals surface area contributed by atoms with E-state index in [1.54, 1.807) is 48.7 Å². The van der Waals surface area contributed by atoms with E-state index in [1.165, 1.54) is 18.2 Å². The Morgan fingerprint density at radius 2 is 1.60 bits per heavy atom. The number of pyridine rings is 1. The predicted molar refractivity (Wildman–Crippen MR) is 136 cm³/mol. The molecular formula is C29H31N3O3. The summed E-state index contributed by atoms with van der Waals surface area (Å²) in [7, 11) is 0. The lowest BCUT2D eigenvalue weighted by molar-refractivity contribution is -0.123. The van der Waals surface area contributed by atoms with E-state index < -0.39 is 6.04 Å². The molecule has 1 N–H and O–H groups in total. The Labute approximate surface area is 206 Å². The van der Waals surface area contributed by atoms with Crippen LogP contribution >= 0.6 is 0 Å². The second kappa shape index (κ2) is 11.1. The summed E-state index contributed by atoms with van der Waals surface area (Å²) in [6.45, 7) is 3.44. The first-order valence-corrected chi connectivity index (χ1v) is 12.2. The molecule has 1 aromatic heterocycles. The molecule has 180 valence electrons. The number of anilines is 1. The van der Waals surface area contributed by atoms with Gasteiger partial charge in [-0.25, -0.2) is 0 Å². The molecule has 6 heteroatoms. The highest BCUT2D eigenvalue weighted by molar-refractivity contribution is 6.09. The highest BCUT2D eigenvalue weighted by Gasteiger charge is 2.35. The van der Waals surface area contributed by atoms with E-state index in [0.29, 0.717) is 11.3 Å². The summed E-state index contributed by atoms with van der Waals surface area (Å²) in [5.74, 6) is -0.663. The Morgan fingerprint density at radius 1 is 0.914 bits per heavy atom. The number of benzene rings is 2. The molecule has 35 heavy (non-hydrogen) atoms. The van der Waals surface area contributed by atoms with Gasteiger partial charge < -0.3 is 5.32 Å². The smallest absolute Gasteiger partial charge is 0.277 e. The van der Waals surface area contributed by atoms with Crippen molar-refractivity contribution in [2.75, 3.05) is 4.90 Å². The number of Topliss-reactive ketones (excluding diaryl/α,β-unsaturated/α-hetero) is 1. The number of nitrogens with zero attached hydrogens (tertiary/aromatic N) is 2. The lowest BCUT2D eigenvalue weighted by Crippen LogP contribution is -2.47. The molecule has 0 bridgehead atoms. The van der Waals surface area contributed by atoms with Crippen molar-refractivity contribution in [3.8, 4) is 0 Å². The van der Waals surface area contributed by atoms with Gasteiger partial charge in [-0.3, -0.25) is 24.3 Å².